The maximum Gasteiger partial charge on any atom is 0.259 e. The van der Waals surface area contributed by atoms with Gasteiger partial charge in [0, 0.05) is 42.2 Å². The molecule has 34 heavy (non-hydrogen) atoms. The number of hydrogen-bond donors (Lipinski definition) is 1. The number of aliphatic imine (C=N–C) groups is 1. The molecule has 0 aromatic heterocycles. The number of carbonyl (C=O) groups excluding carboxylic acids is 1. The van der Waals surface area contributed by atoms with Gasteiger partial charge >= 0.3 is 0 Å². The monoisotopic (exact) mass is 520 g/mol. The summed E-state index contributed by atoms with van der Waals surface area (Å²) in [6.45, 7) is 0.538. The quantitative estimate of drug-likeness (QED) is 0.478. The molecule has 3 aromatic carbocycles. The van der Waals surface area contributed by atoms with Crippen LogP contribution in [0, 0.1) is 0 Å². The Morgan fingerprint density at radius 2 is 1.85 bits per heavy atom. The number of para-hydroxylation sites is 1. The van der Waals surface area contributed by atoms with Gasteiger partial charge in [0.2, 0.25) is 5.90 Å². The molecule has 2 heterocycles. The number of ether oxygens (including phenoxy) is 2. The Morgan fingerprint density at radius 1 is 1.12 bits per heavy atom. The molecule has 1 N–H and O–H groups in total. The highest BCUT2D eigenvalue weighted by Gasteiger charge is 2.56. The van der Waals surface area contributed by atoms with Crippen LogP contribution in [0.4, 0.5) is 5.69 Å². The fourth-order valence-corrected chi connectivity index (χ4v) is 4.85. The van der Waals surface area contributed by atoms with Crippen molar-refractivity contribution in [2.75, 3.05) is 25.2 Å². The Morgan fingerprint density at radius 3 is 2.59 bits per heavy atom. The minimum Gasteiger partial charge on any atom is -0.494 e. The number of aliphatic hydroxyl groups is 1. The van der Waals surface area contributed by atoms with Gasteiger partial charge < -0.3 is 19.5 Å². The Bertz CT molecular complexity index is 1230. The molecule has 0 saturated carbocycles. The number of amides is 1. The Balaban J connectivity index is 1.54. The largest absolute Gasteiger partial charge is 0.494 e. The van der Waals surface area contributed by atoms with Crippen molar-refractivity contribution in [3.05, 3.63) is 94.0 Å². The molecule has 174 valence electrons. The van der Waals surface area contributed by atoms with Crippen molar-refractivity contribution < 1.29 is 19.4 Å². The second kappa shape index (κ2) is 9.24. The van der Waals surface area contributed by atoms with Gasteiger partial charge in [-0.1, -0.05) is 46.3 Å². The van der Waals surface area contributed by atoms with Crippen molar-refractivity contribution in [3.63, 3.8) is 0 Å². The summed E-state index contributed by atoms with van der Waals surface area (Å²) in [6.07, 6.45) is 0.477. The lowest BCUT2D eigenvalue weighted by atomic mass is 9.78. The first-order chi connectivity index (χ1) is 16.5. The van der Waals surface area contributed by atoms with Crippen LogP contribution in [0.1, 0.15) is 29.2 Å². The van der Waals surface area contributed by atoms with Gasteiger partial charge in [-0.25, -0.2) is 4.99 Å². The zero-order valence-corrected chi connectivity index (χ0v) is 20.4. The number of rotatable bonds is 6. The van der Waals surface area contributed by atoms with E-state index in [9.17, 15) is 4.79 Å². The van der Waals surface area contributed by atoms with Gasteiger partial charge in [-0.2, -0.15) is 0 Å². The van der Waals surface area contributed by atoms with E-state index in [4.69, 9.17) is 19.6 Å². The van der Waals surface area contributed by atoms with Crippen LogP contribution in [0.15, 0.2) is 82.3 Å². The van der Waals surface area contributed by atoms with Crippen molar-refractivity contribution in [2.45, 2.75) is 24.5 Å². The summed E-state index contributed by atoms with van der Waals surface area (Å²) in [4.78, 5) is 20.5. The van der Waals surface area contributed by atoms with Crippen LogP contribution in [-0.4, -0.2) is 42.7 Å². The molecule has 3 aromatic rings. The maximum absolute atomic E-state index is 13.8. The Labute approximate surface area is 207 Å². The normalized spacial score (nSPS) is 21.3. The number of likely N-dealkylation sites (N-methyl/N-ethyl adjacent to an activating group) is 1. The summed E-state index contributed by atoms with van der Waals surface area (Å²) in [5, 5.41) is 8.94. The number of fused-ring (bicyclic) bond motifs is 1. The molecule has 1 spiro atoms. The lowest BCUT2D eigenvalue weighted by molar-refractivity contribution is -0.126. The molecule has 7 heteroatoms. The second-order valence-electron chi connectivity index (χ2n) is 8.51. The van der Waals surface area contributed by atoms with E-state index >= 15 is 0 Å². The number of nitrogens with zero attached hydrogens (tertiary/aromatic N) is 2. The third kappa shape index (κ3) is 3.99. The van der Waals surface area contributed by atoms with Crippen LogP contribution in [0.25, 0.3) is 0 Å². The van der Waals surface area contributed by atoms with Crippen LogP contribution in [-0.2, 0) is 16.0 Å². The smallest absolute Gasteiger partial charge is 0.259 e. The zero-order valence-electron chi connectivity index (χ0n) is 18.8. The van der Waals surface area contributed by atoms with E-state index in [2.05, 4.69) is 15.9 Å². The predicted octanol–water partition coefficient (Wildman–Crippen LogP) is 4.69. The molecule has 5 rings (SSSR count). The molecule has 0 aliphatic carbocycles. The second-order valence-corrected chi connectivity index (χ2v) is 9.43. The third-order valence-corrected chi connectivity index (χ3v) is 6.83. The summed E-state index contributed by atoms with van der Waals surface area (Å²) >= 11 is 3.49. The number of benzene rings is 3. The standard InChI is InChI=1S/C27H25BrN2O4/c1-30-23-6-3-2-5-20(23)17-27(26(30)32)24(18-7-11-21(28)12-8-18)34-25(29-27)19-9-13-22(14-10-19)33-16-4-15-31/h2-3,5-14,24,31H,4,15-17H2,1H3/t24-,27-/m0/s1. The molecule has 1 amide bonds. The lowest BCUT2D eigenvalue weighted by Gasteiger charge is -2.39. The number of carbonyl (C=O) groups is 1. The van der Waals surface area contributed by atoms with E-state index in [-0.39, 0.29) is 12.5 Å². The van der Waals surface area contributed by atoms with Crippen LogP contribution < -0.4 is 9.64 Å². The first-order valence-electron chi connectivity index (χ1n) is 11.2. The van der Waals surface area contributed by atoms with Gasteiger partial charge in [-0.15, -0.1) is 0 Å². The molecule has 0 saturated heterocycles. The van der Waals surface area contributed by atoms with Crippen LogP contribution in [0.5, 0.6) is 5.75 Å². The molecular weight excluding hydrogens is 496 g/mol. The molecule has 2 aliphatic heterocycles. The number of anilines is 1. The summed E-state index contributed by atoms with van der Waals surface area (Å²) in [5.74, 6) is 1.06. The molecule has 0 radical (unpaired) electrons. The van der Waals surface area contributed by atoms with Crippen molar-refractivity contribution in [3.8, 4) is 5.75 Å². The van der Waals surface area contributed by atoms with E-state index < -0.39 is 11.6 Å². The third-order valence-electron chi connectivity index (χ3n) is 6.30. The molecule has 6 nitrogen and oxygen atoms in total. The van der Waals surface area contributed by atoms with Gasteiger partial charge in [0.25, 0.3) is 5.91 Å². The van der Waals surface area contributed by atoms with Crippen molar-refractivity contribution >= 4 is 33.4 Å². The minimum atomic E-state index is -1.09. The fourth-order valence-electron chi connectivity index (χ4n) is 4.58. The summed E-state index contributed by atoms with van der Waals surface area (Å²) in [7, 11) is 1.80. The number of aliphatic hydroxyl groups excluding tert-OH is 1. The molecule has 0 bridgehead atoms. The molecule has 2 atom stereocenters. The van der Waals surface area contributed by atoms with E-state index in [1.807, 2.05) is 72.8 Å². The van der Waals surface area contributed by atoms with Gasteiger partial charge in [0.1, 0.15) is 5.75 Å². The van der Waals surface area contributed by atoms with E-state index in [1.165, 1.54) is 0 Å². The Kier molecular flexibility index (Phi) is 6.15. The zero-order chi connectivity index (χ0) is 23.7. The molecule has 2 aliphatic rings. The van der Waals surface area contributed by atoms with Crippen LogP contribution >= 0.6 is 15.9 Å². The minimum absolute atomic E-state index is 0.0851. The average molecular weight is 521 g/mol. The molecular formula is C27H25BrN2O4. The lowest BCUT2D eigenvalue weighted by Crippen LogP contribution is -2.53. The van der Waals surface area contributed by atoms with Crippen molar-refractivity contribution in [1.82, 2.24) is 0 Å². The van der Waals surface area contributed by atoms with Gasteiger partial charge in [-0.3, -0.25) is 4.79 Å². The van der Waals surface area contributed by atoms with Gasteiger partial charge in [0.15, 0.2) is 11.6 Å². The van der Waals surface area contributed by atoms with Gasteiger partial charge in [-0.05, 0) is 53.6 Å². The van der Waals surface area contributed by atoms with E-state index in [1.54, 1.807) is 11.9 Å². The fraction of sp³-hybridized carbons (Fsp3) is 0.259. The Hall–Kier alpha value is -3.16. The predicted molar refractivity (Wildman–Crippen MR) is 134 cm³/mol. The van der Waals surface area contributed by atoms with E-state index in [0.29, 0.717) is 31.1 Å². The average Bonchev–Trinajstić information content (AvgIpc) is 3.24. The number of halogens is 1. The van der Waals surface area contributed by atoms with E-state index in [0.717, 1.165) is 26.9 Å². The van der Waals surface area contributed by atoms with Crippen LogP contribution in [0.2, 0.25) is 0 Å². The maximum atomic E-state index is 13.8. The molecule has 0 fully saturated rings. The highest BCUT2D eigenvalue weighted by atomic mass is 79.9. The summed E-state index contributed by atoms with van der Waals surface area (Å²) in [5.41, 5.74) is 2.55. The first kappa shape index (κ1) is 22.6. The summed E-state index contributed by atoms with van der Waals surface area (Å²) in [6, 6.07) is 23.3. The van der Waals surface area contributed by atoms with Crippen molar-refractivity contribution in [1.29, 1.82) is 0 Å². The van der Waals surface area contributed by atoms with Gasteiger partial charge in [0.05, 0.1) is 6.61 Å². The highest BCUT2D eigenvalue weighted by Crippen LogP contribution is 2.47. The highest BCUT2D eigenvalue weighted by molar-refractivity contribution is 9.10. The summed E-state index contributed by atoms with van der Waals surface area (Å²) < 4.78 is 13.0. The topological polar surface area (TPSA) is 71.4 Å². The molecule has 0 unspecified atom stereocenters. The number of hydrogen-bond acceptors (Lipinski definition) is 5. The first-order valence-corrected chi connectivity index (χ1v) is 12.0. The SMILES string of the molecule is CN1C(=O)[C@@]2(Cc3ccccc31)N=C(c1ccc(OCCCO)cc1)O[C@H]2c1ccc(Br)cc1. The van der Waals surface area contributed by atoms with Crippen LogP contribution in [0.3, 0.4) is 0 Å². The van der Waals surface area contributed by atoms with Crippen molar-refractivity contribution in [2.24, 2.45) is 4.99 Å².